The van der Waals surface area contributed by atoms with Gasteiger partial charge in [0.05, 0.1) is 23.7 Å². The number of benzene rings is 2. The molecule has 1 atom stereocenters. The van der Waals surface area contributed by atoms with Gasteiger partial charge in [-0.15, -0.1) is 0 Å². The molecule has 5 nitrogen and oxygen atoms in total. The standard InChI is InChI=1S/C26H30ClN3O2S/c1-17-16-26(2,3)29(4)22-15-21(27)18(13-20(17)22)14-23-24(31)30(11-12-32-5)25(33-23)28-19-9-7-6-8-10-19/h6-10,13-15,17H,11-12,16H2,1-5H3/b23-14-,28-25?/t17-/m1/s1. The molecule has 174 valence electrons. The fraction of sp³-hybridized carbons (Fsp3) is 0.385. The number of hydrogen-bond acceptors (Lipinski definition) is 5. The van der Waals surface area contributed by atoms with E-state index in [0.717, 1.165) is 23.4 Å². The predicted molar refractivity (Wildman–Crippen MR) is 140 cm³/mol. The Hall–Kier alpha value is -2.28. The molecule has 33 heavy (non-hydrogen) atoms. The molecule has 7 heteroatoms. The largest absolute Gasteiger partial charge is 0.383 e. The molecule has 2 aromatic carbocycles. The smallest absolute Gasteiger partial charge is 0.266 e. The molecule has 0 bridgehead atoms. The van der Waals surface area contributed by atoms with Gasteiger partial charge in [-0.25, -0.2) is 4.99 Å². The molecule has 2 aromatic rings. The average Bonchev–Trinajstić information content (AvgIpc) is 3.06. The third-order valence-corrected chi connectivity index (χ3v) is 7.76. The summed E-state index contributed by atoms with van der Waals surface area (Å²) in [7, 11) is 3.75. The quantitative estimate of drug-likeness (QED) is 0.467. The minimum Gasteiger partial charge on any atom is -0.383 e. The molecule has 2 aliphatic heterocycles. The molecule has 0 unspecified atom stereocenters. The van der Waals surface area contributed by atoms with Crippen LogP contribution in [-0.4, -0.2) is 48.8 Å². The van der Waals surface area contributed by atoms with Gasteiger partial charge in [0.15, 0.2) is 5.17 Å². The van der Waals surface area contributed by atoms with Gasteiger partial charge in [0.2, 0.25) is 0 Å². The van der Waals surface area contributed by atoms with Gasteiger partial charge < -0.3 is 9.64 Å². The van der Waals surface area contributed by atoms with Crippen molar-refractivity contribution in [2.75, 3.05) is 32.2 Å². The maximum Gasteiger partial charge on any atom is 0.266 e. The summed E-state index contributed by atoms with van der Waals surface area (Å²) in [6.07, 6.45) is 2.95. The van der Waals surface area contributed by atoms with Crippen LogP contribution in [0.2, 0.25) is 5.02 Å². The first-order chi connectivity index (χ1) is 15.7. The van der Waals surface area contributed by atoms with Gasteiger partial charge in [-0.2, -0.15) is 0 Å². The Morgan fingerprint density at radius 3 is 2.70 bits per heavy atom. The molecular weight excluding hydrogens is 454 g/mol. The maximum atomic E-state index is 13.3. The van der Waals surface area contributed by atoms with E-state index in [1.807, 2.05) is 42.5 Å². The zero-order valence-corrected chi connectivity index (χ0v) is 21.3. The van der Waals surface area contributed by atoms with E-state index in [0.29, 0.717) is 34.2 Å². The number of para-hydroxylation sites is 1. The molecule has 2 aliphatic rings. The van der Waals surface area contributed by atoms with E-state index in [1.54, 1.807) is 12.0 Å². The Morgan fingerprint density at radius 1 is 1.27 bits per heavy atom. The number of amidine groups is 1. The van der Waals surface area contributed by atoms with E-state index in [9.17, 15) is 4.79 Å². The number of fused-ring (bicyclic) bond motifs is 1. The zero-order chi connectivity index (χ0) is 23.8. The minimum atomic E-state index is -0.0770. The summed E-state index contributed by atoms with van der Waals surface area (Å²) in [5.74, 6) is 0.327. The molecule has 0 radical (unpaired) electrons. The van der Waals surface area contributed by atoms with Crippen LogP contribution in [0, 0.1) is 0 Å². The monoisotopic (exact) mass is 483 g/mol. The van der Waals surface area contributed by atoms with Crippen molar-refractivity contribution in [1.29, 1.82) is 0 Å². The number of thioether (sulfide) groups is 1. The summed E-state index contributed by atoms with van der Waals surface area (Å²) in [5, 5.41) is 1.29. The molecule has 1 amide bonds. The van der Waals surface area contributed by atoms with Crippen molar-refractivity contribution in [3.05, 3.63) is 63.5 Å². The van der Waals surface area contributed by atoms with E-state index in [-0.39, 0.29) is 11.4 Å². The lowest BCUT2D eigenvalue weighted by molar-refractivity contribution is -0.122. The van der Waals surface area contributed by atoms with Crippen molar-refractivity contribution in [2.24, 2.45) is 4.99 Å². The molecule has 1 saturated heterocycles. The minimum absolute atomic E-state index is 0.0671. The fourth-order valence-corrected chi connectivity index (χ4v) is 5.67. The number of methoxy groups -OCH3 is 1. The van der Waals surface area contributed by atoms with Gasteiger partial charge in [0.1, 0.15) is 0 Å². The van der Waals surface area contributed by atoms with Gasteiger partial charge in [0, 0.05) is 30.4 Å². The Morgan fingerprint density at radius 2 is 2.00 bits per heavy atom. The summed E-state index contributed by atoms with van der Waals surface area (Å²) in [6, 6.07) is 13.8. The number of halogens is 1. The highest BCUT2D eigenvalue weighted by molar-refractivity contribution is 8.18. The first-order valence-electron chi connectivity index (χ1n) is 11.1. The first-order valence-corrected chi connectivity index (χ1v) is 12.3. The van der Waals surface area contributed by atoms with Crippen LogP contribution in [0.25, 0.3) is 6.08 Å². The van der Waals surface area contributed by atoms with Crippen LogP contribution >= 0.6 is 23.4 Å². The van der Waals surface area contributed by atoms with E-state index >= 15 is 0 Å². The Balaban J connectivity index is 1.71. The van der Waals surface area contributed by atoms with Crippen LogP contribution in [0.3, 0.4) is 0 Å². The van der Waals surface area contributed by atoms with Gasteiger partial charge in [-0.05, 0) is 79.4 Å². The van der Waals surface area contributed by atoms with Gasteiger partial charge >= 0.3 is 0 Å². The molecule has 0 saturated carbocycles. The van der Waals surface area contributed by atoms with Crippen molar-refractivity contribution < 1.29 is 9.53 Å². The lowest BCUT2D eigenvalue weighted by Gasteiger charge is -2.45. The zero-order valence-electron chi connectivity index (χ0n) is 19.8. The highest BCUT2D eigenvalue weighted by Gasteiger charge is 2.36. The molecule has 0 spiro atoms. The number of amides is 1. The Kier molecular flexibility index (Phi) is 6.89. The lowest BCUT2D eigenvalue weighted by atomic mass is 9.80. The molecule has 2 heterocycles. The second-order valence-electron chi connectivity index (χ2n) is 9.20. The number of rotatable bonds is 5. The lowest BCUT2D eigenvalue weighted by Crippen LogP contribution is -2.45. The Bertz CT molecular complexity index is 1110. The fourth-order valence-electron chi connectivity index (χ4n) is 4.44. The van der Waals surface area contributed by atoms with Crippen molar-refractivity contribution >= 4 is 51.9 Å². The van der Waals surface area contributed by atoms with Gasteiger partial charge in [-0.1, -0.05) is 36.7 Å². The number of ether oxygens (including phenoxy) is 1. The number of carbonyl (C=O) groups is 1. The maximum absolute atomic E-state index is 13.3. The number of anilines is 1. The second kappa shape index (κ2) is 9.53. The number of aliphatic imine (C=N–C) groups is 1. The summed E-state index contributed by atoms with van der Waals surface area (Å²) >= 11 is 8.10. The first kappa shape index (κ1) is 23.9. The number of nitrogens with zero attached hydrogens (tertiary/aromatic N) is 3. The van der Waals surface area contributed by atoms with Crippen molar-refractivity contribution in [1.82, 2.24) is 4.90 Å². The van der Waals surface area contributed by atoms with Crippen LogP contribution in [-0.2, 0) is 9.53 Å². The molecule has 0 N–H and O–H groups in total. The second-order valence-corrected chi connectivity index (χ2v) is 10.6. The third-order valence-electron chi connectivity index (χ3n) is 6.43. The normalized spacial score (nSPS) is 22.4. The van der Waals surface area contributed by atoms with E-state index < -0.39 is 0 Å². The van der Waals surface area contributed by atoms with Crippen LogP contribution < -0.4 is 4.90 Å². The summed E-state index contributed by atoms with van der Waals surface area (Å²) in [5.41, 5.74) is 4.15. The van der Waals surface area contributed by atoms with Gasteiger partial charge in [0.25, 0.3) is 5.91 Å². The van der Waals surface area contributed by atoms with E-state index in [4.69, 9.17) is 21.3 Å². The topological polar surface area (TPSA) is 45.1 Å². The van der Waals surface area contributed by atoms with E-state index in [2.05, 4.69) is 38.8 Å². The Labute approximate surface area is 205 Å². The highest BCUT2D eigenvalue weighted by Crippen LogP contribution is 2.45. The third kappa shape index (κ3) is 4.84. The van der Waals surface area contributed by atoms with Crippen LogP contribution in [0.1, 0.15) is 44.2 Å². The predicted octanol–water partition coefficient (Wildman–Crippen LogP) is 6.31. The summed E-state index contributed by atoms with van der Waals surface area (Å²) in [4.78, 5) is 22.6. The van der Waals surface area contributed by atoms with Crippen molar-refractivity contribution in [3.63, 3.8) is 0 Å². The molecular formula is C26H30ClN3O2S. The number of hydrogen-bond donors (Lipinski definition) is 0. The van der Waals surface area contributed by atoms with Crippen LogP contribution in [0.15, 0.2) is 52.4 Å². The van der Waals surface area contributed by atoms with Gasteiger partial charge in [-0.3, -0.25) is 9.69 Å². The molecule has 0 aliphatic carbocycles. The molecule has 4 rings (SSSR count). The summed E-state index contributed by atoms with van der Waals surface area (Å²) in [6.45, 7) is 7.65. The van der Waals surface area contributed by atoms with E-state index in [1.165, 1.54) is 17.3 Å². The average molecular weight is 484 g/mol. The van der Waals surface area contributed by atoms with Crippen LogP contribution in [0.4, 0.5) is 11.4 Å². The summed E-state index contributed by atoms with van der Waals surface area (Å²) < 4.78 is 5.22. The molecule has 1 fully saturated rings. The molecule has 0 aromatic heterocycles. The van der Waals surface area contributed by atoms with Crippen molar-refractivity contribution in [2.45, 2.75) is 38.6 Å². The van der Waals surface area contributed by atoms with Crippen molar-refractivity contribution in [3.8, 4) is 0 Å². The van der Waals surface area contributed by atoms with Crippen LogP contribution in [0.5, 0.6) is 0 Å². The number of carbonyl (C=O) groups excluding carboxylic acids is 1. The SMILES string of the molecule is COCCN1C(=O)/C(=C/c2cc3c(cc2Cl)N(C)C(C)(C)C[C@H]3C)SC1=Nc1ccccc1. The highest BCUT2D eigenvalue weighted by atomic mass is 35.5.